The van der Waals surface area contributed by atoms with Crippen molar-refractivity contribution in [3.63, 3.8) is 0 Å². The van der Waals surface area contributed by atoms with Gasteiger partial charge in [0.2, 0.25) is 0 Å². The highest BCUT2D eigenvalue weighted by Gasteiger charge is 2.05. The molecular weight excluding hydrogens is 260 g/mol. The molecule has 0 spiro atoms. The van der Waals surface area contributed by atoms with Crippen molar-refractivity contribution >= 4 is 34.6 Å². The number of rotatable bonds is 2. The van der Waals surface area contributed by atoms with E-state index in [1.807, 2.05) is 6.07 Å². The van der Waals surface area contributed by atoms with Gasteiger partial charge < -0.3 is 10.5 Å². The van der Waals surface area contributed by atoms with E-state index in [9.17, 15) is 4.79 Å². The number of carbonyl (C=O) groups excluding carboxylic acids is 1. The summed E-state index contributed by atoms with van der Waals surface area (Å²) in [7, 11) is 0. The van der Waals surface area contributed by atoms with Gasteiger partial charge in [-0.2, -0.15) is 4.99 Å². The van der Waals surface area contributed by atoms with Gasteiger partial charge in [0.15, 0.2) is 5.17 Å². The lowest BCUT2D eigenvalue weighted by atomic mass is 10.3. The molecule has 0 saturated heterocycles. The molecule has 4 nitrogen and oxygen atoms in total. The third kappa shape index (κ3) is 5.42. The summed E-state index contributed by atoms with van der Waals surface area (Å²) in [4.78, 5) is 14.9. The van der Waals surface area contributed by atoms with Gasteiger partial charge in [-0.15, -0.1) is 0 Å². The Balaban J connectivity index is 2.57. The van der Waals surface area contributed by atoms with Crippen LogP contribution in [0.3, 0.4) is 0 Å². The lowest BCUT2D eigenvalue weighted by Crippen LogP contribution is -2.12. The molecule has 0 radical (unpaired) electrons. The minimum atomic E-state index is -0.776. The maximum absolute atomic E-state index is 11.3. The van der Waals surface area contributed by atoms with E-state index >= 15 is 0 Å². The summed E-state index contributed by atoms with van der Waals surface area (Å²) in [5.41, 5.74) is 5.49. The molecule has 0 atom stereocenters. The number of para-hydroxylation sites is 1. The molecule has 17 heavy (non-hydrogen) atoms. The Hall–Kier alpha value is -1.46. The number of amidine groups is 1. The van der Waals surface area contributed by atoms with Crippen LogP contribution in [0.1, 0.15) is 6.92 Å². The van der Waals surface area contributed by atoms with Crippen LogP contribution in [0.15, 0.2) is 45.8 Å². The molecule has 1 aromatic rings. The second kappa shape index (κ2) is 6.98. The third-order valence-corrected chi connectivity index (χ3v) is 2.76. The van der Waals surface area contributed by atoms with Crippen LogP contribution < -0.4 is 10.5 Å². The van der Waals surface area contributed by atoms with Crippen LogP contribution in [0.2, 0.25) is 0 Å². The molecule has 0 bridgehead atoms. The van der Waals surface area contributed by atoms with Gasteiger partial charge >= 0.3 is 6.09 Å². The summed E-state index contributed by atoms with van der Waals surface area (Å²) >= 11 is 6.71. The number of aliphatic imine (C=N–C) groups is 1. The summed E-state index contributed by atoms with van der Waals surface area (Å²) < 4.78 is 5.36. The van der Waals surface area contributed by atoms with E-state index in [0.29, 0.717) is 10.1 Å². The molecule has 0 heterocycles. The first-order chi connectivity index (χ1) is 8.11. The normalized spacial score (nSPS) is 12.4. The average Bonchev–Trinajstić information content (AvgIpc) is 2.29. The van der Waals surface area contributed by atoms with Crippen molar-refractivity contribution in [2.24, 2.45) is 10.7 Å². The standard InChI is InChI=1S/C11H11ClN2O2S/c1-2-9(12)17-10(13)14-11(15)16-8-6-4-3-5-7-8/h2-7H,1H3,(H2,13,14,15)/b9-2+. The summed E-state index contributed by atoms with van der Waals surface area (Å²) in [6, 6.07) is 8.62. The maximum Gasteiger partial charge on any atom is 0.441 e. The van der Waals surface area contributed by atoms with Gasteiger partial charge in [-0.25, -0.2) is 4.79 Å². The predicted molar refractivity (Wildman–Crippen MR) is 71.3 cm³/mol. The number of benzene rings is 1. The summed E-state index contributed by atoms with van der Waals surface area (Å²) in [6.45, 7) is 1.75. The zero-order valence-electron chi connectivity index (χ0n) is 9.09. The molecule has 0 aliphatic heterocycles. The predicted octanol–water partition coefficient (Wildman–Crippen LogP) is 3.33. The summed E-state index contributed by atoms with van der Waals surface area (Å²) in [5, 5.41) is 0.0361. The van der Waals surface area contributed by atoms with E-state index in [1.165, 1.54) is 0 Å². The van der Waals surface area contributed by atoms with Crippen LogP contribution in [-0.2, 0) is 0 Å². The topological polar surface area (TPSA) is 64.7 Å². The van der Waals surface area contributed by atoms with Gasteiger partial charge in [0.25, 0.3) is 0 Å². The fourth-order valence-electron chi connectivity index (χ4n) is 0.884. The molecular formula is C11H11ClN2O2S. The minimum absolute atomic E-state index is 0.0361. The summed E-state index contributed by atoms with van der Waals surface area (Å²) in [6.07, 6.45) is 0.874. The lowest BCUT2D eigenvalue weighted by molar-refractivity contribution is 0.211. The van der Waals surface area contributed by atoms with Gasteiger partial charge in [-0.1, -0.05) is 35.9 Å². The molecule has 90 valence electrons. The number of allylic oxidation sites excluding steroid dienone is 1. The number of carbonyl (C=O) groups is 1. The van der Waals surface area contributed by atoms with Crippen molar-refractivity contribution in [2.75, 3.05) is 0 Å². The van der Waals surface area contributed by atoms with E-state index < -0.39 is 6.09 Å². The van der Waals surface area contributed by atoms with Crippen LogP contribution >= 0.6 is 23.4 Å². The van der Waals surface area contributed by atoms with Gasteiger partial charge in [-0.3, -0.25) is 0 Å². The molecule has 1 aromatic carbocycles. The van der Waals surface area contributed by atoms with Crippen molar-refractivity contribution in [2.45, 2.75) is 6.92 Å². The van der Waals surface area contributed by atoms with Crippen LogP contribution in [-0.4, -0.2) is 11.3 Å². The minimum Gasteiger partial charge on any atom is -0.409 e. The van der Waals surface area contributed by atoms with Gasteiger partial charge in [-0.05, 0) is 30.8 Å². The highest BCUT2D eigenvalue weighted by atomic mass is 35.5. The molecule has 1 amide bonds. The molecule has 6 heteroatoms. The first-order valence-electron chi connectivity index (χ1n) is 4.72. The monoisotopic (exact) mass is 270 g/mol. The average molecular weight is 271 g/mol. The zero-order valence-corrected chi connectivity index (χ0v) is 10.7. The Morgan fingerprint density at radius 3 is 2.71 bits per heavy atom. The molecule has 0 aliphatic carbocycles. The Morgan fingerprint density at radius 1 is 1.47 bits per heavy atom. The quantitative estimate of drug-likeness (QED) is 0.661. The number of thioether (sulfide) groups is 1. The fraction of sp³-hybridized carbons (Fsp3) is 0.0909. The van der Waals surface area contributed by atoms with E-state index in [4.69, 9.17) is 22.1 Å². The smallest absolute Gasteiger partial charge is 0.409 e. The highest BCUT2D eigenvalue weighted by Crippen LogP contribution is 2.19. The number of amides is 1. The second-order valence-corrected chi connectivity index (χ2v) is 4.52. The van der Waals surface area contributed by atoms with Crippen LogP contribution in [0.4, 0.5) is 4.79 Å². The number of ether oxygens (including phenoxy) is 1. The fourth-order valence-corrected chi connectivity index (χ4v) is 1.56. The molecule has 0 unspecified atom stereocenters. The van der Waals surface area contributed by atoms with Crippen molar-refractivity contribution < 1.29 is 9.53 Å². The number of halogens is 1. The molecule has 0 aliphatic rings. The molecule has 0 saturated carbocycles. The van der Waals surface area contributed by atoms with Crippen molar-refractivity contribution in [3.8, 4) is 5.75 Å². The molecule has 2 N–H and O–H groups in total. The zero-order chi connectivity index (χ0) is 12.7. The van der Waals surface area contributed by atoms with Gasteiger partial charge in [0, 0.05) is 0 Å². The van der Waals surface area contributed by atoms with Gasteiger partial charge in [0.1, 0.15) is 5.75 Å². The van der Waals surface area contributed by atoms with E-state index in [-0.39, 0.29) is 5.17 Å². The molecule has 0 fully saturated rings. The Morgan fingerprint density at radius 2 is 2.12 bits per heavy atom. The van der Waals surface area contributed by atoms with E-state index in [2.05, 4.69) is 4.99 Å². The van der Waals surface area contributed by atoms with Gasteiger partial charge in [0.05, 0.1) is 4.36 Å². The lowest BCUT2D eigenvalue weighted by Gasteiger charge is -2.00. The van der Waals surface area contributed by atoms with Crippen molar-refractivity contribution in [1.29, 1.82) is 0 Å². The van der Waals surface area contributed by atoms with E-state index in [0.717, 1.165) is 11.8 Å². The van der Waals surface area contributed by atoms with Crippen LogP contribution in [0, 0.1) is 0 Å². The number of nitrogens with zero attached hydrogens (tertiary/aromatic N) is 1. The van der Waals surface area contributed by atoms with E-state index in [1.54, 1.807) is 37.3 Å². The first kappa shape index (κ1) is 13.6. The molecule has 1 rings (SSSR count). The molecule has 0 aromatic heterocycles. The Labute approximate surface area is 109 Å². The van der Waals surface area contributed by atoms with Crippen molar-refractivity contribution in [1.82, 2.24) is 0 Å². The highest BCUT2D eigenvalue weighted by molar-refractivity contribution is 8.18. The van der Waals surface area contributed by atoms with Crippen molar-refractivity contribution in [3.05, 3.63) is 40.8 Å². The summed E-state index contributed by atoms with van der Waals surface area (Å²) in [5.74, 6) is 0.413. The number of nitrogens with two attached hydrogens (primary N) is 1. The third-order valence-electron chi connectivity index (χ3n) is 1.58. The van der Waals surface area contributed by atoms with Crippen LogP contribution in [0.25, 0.3) is 0 Å². The first-order valence-corrected chi connectivity index (χ1v) is 5.92. The SMILES string of the molecule is C/C=C(\Cl)S/C(N)=N\C(=O)Oc1ccccc1. The number of hydrogen-bond acceptors (Lipinski definition) is 3. The Kier molecular flexibility index (Phi) is 5.59. The van der Waals surface area contributed by atoms with Crippen LogP contribution in [0.5, 0.6) is 5.75 Å². The largest absolute Gasteiger partial charge is 0.441 e. The maximum atomic E-state index is 11.3. The number of hydrogen-bond donors (Lipinski definition) is 1. The second-order valence-electron chi connectivity index (χ2n) is 2.83. The Bertz CT molecular complexity index is 446.